The van der Waals surface area contributed by atoms with Crippen molar-refractivity contribution in [3.63, 3.8) is 0 Å². The van der Waals surface area contributed by atoms with Crippen LogP contribution in [0.25, 0.3) is 10.9 Å². The molecule has 0 saturated heterocycles. The normalized spacial score (nSPS) is 16.9. The summed E-state index contributed by atoms with van der Waals surface area (Å²) in [6.07, 6.45) is 2.01. The molecule has 2 aromatic rings. The molecule has 1 heterocycles. The van der Waals surface area contributed by atoms with E-state index in [2.05, 4.69) is 4.98 Å². The Labute approximate surface area is 99.1 Å². The lowest BCUT2D eigenvalue weighted by Gasteiger charge is -2.11. The molecular formula is C14H13NO2. The minimum atomic E-state index is -0.754. The molecule has 3 nitrogen and oxygen atoms in total. The second-order valence-corrected chi connectivity index (χ2v) is 4.58. The molecule has 17 heavy (non-hydrogen) atoms. The Kier molecular flexibility index (Phi) is 2.32. The number of aliphatic carboxylic acids is 1. The van der Waals surface area contributed by atoms with Crippen LogP contribution in [-0.4, -0.2) is 16.1 Å². The Morgan fingerprint density at radius 2 is 2.00 bits per heavy atom. The van der Waals surface area contributed by atoms with E-state index in [1.807, 2.05) is 36.4 Å². The molecule has 1 atom stereocenters. The molecule has 3 heteroatoms. The Morgan fingerprint density at radius 3 is 2.71 bits per heavy atom. The van der Waals surface area contributed by atoms with Crippen molar-refractivity contribution in [2.75, 3.05) is 0 Å². The lowest BCUT2D eigenvalue weighted by molar-refractivity contribution is -0.139. The molecule has 1 aliphatic rings. The Bertz CT molecular complexity index is 575. The quantitative estimate of drug-likeness (QED) is 0.877. The van der Waals surface area contributed by atoms with E-state index in [0.717, 1.165) is 23.7 Å². The molecule has 86 valence electrons. The molecule has 0 bridgehead atoms. The van der Waals surface area contributed by atoms with Crippen molar-refractivity contribution < 1.29 is 9.90 Å². The number of nitrogens with zero attached hydrogens (tertiary/aromatic N) is 1. The smallest absolute Gasteiger partial charge is 0.312 e. The van der Waals surface area contributed by atoms with Crippen molar-refractivity contribution in [1.82, 2.24) is 4.98 Å². The summed E-state index contributed by atoms with van der Waals surface area (Å²) < 4.78 is 0. The molecular weight excluding hydrogens is 214 g/mol. The van der Waals surface area contributed by atoms with Crippen LogP contribution >= 0.6 is 0 Å². The minimum Gasteiger partial charge on any atom is -0.481 e. The van der Waals surface area contributed by atoms with E-state index in [1.165, 1.54) is 0 Å². The fourth-order valence-corrected chi connectivity index (χ4v) is 2.25. The number of hydrogen-bond donors (Lipinski definition) is 1. The molecule has 1 saturated carbocycles. The van der Waals surface area contributed by atoms with Gasteiger partial charge in [-0.25, -0.2) is 0 Å². The van der Waals surface area contributed by atoms with E-state index in [1.54, 1.807) is 0 Å². The first-order valence-electron chi connectivity index (χ1n) is 5.84. The monoisotopic (exact) mass is 227 g/mol. The summed E-state index contributed by atoms with van der Waals surface area (Å²) in [5, 5.41) is 10.3. The van der Waals surface area contributed by atoms with Crippen molar-refractivity contribution >= 4 is 16.9 Å². The van der Waals surface area contributed by atoms with Crippen LogP contribution in [0.1, 0.15) is 24.5 Å². The first-order chi connectivity index (χ1) is 8.25. The summed E-state index contributed by atoms with van der Waals surface area (Å²) in [4.78, 5) is 15.8. The highest BCUT2D eigenvalue weighted by atomic mass is 16.4. The largest absolute Gasteiger partial charge is 0.481 e. The molecule has 0 amide bonds. The molecule has 1 aromatic carbocycles. The molecule has 1 N–H and O–H groups in total. The van der Waals surface area contributed by atoms with Crippen LogP contribution in [0.3, 0.4) is 0 Å². The fraction of sp³-hybridized carbons (Fsp3) is 0.286. The third kappa shape index (κ3) is 1.88. The van der Waals surface area contributed by atoms with Gasteiger partial charge in [-0.05, 0) is 30.9 Å². The van der Waals surface area contributed by atoms with Crippen LogP contribution in [0.4, 0.5) is 0 Å². The molecule has 1 unspecified atom stereocenters. The number of carboxylic acids is 1. The van der Waals surface area contributed by atoms with Crippen LogP contribution in [-0.2, 0) is 4.79 Å². The first-order valence-corrected chi connectivity index (χ1v) is 5.84. The number of aromatic nitrogens is 1. The third-order valence-electron chi connectivity index (χ3n) is 3.30. The van der Waals surface area contributed by atoms with E-state index in [4.69, 9.17) is 0 Å². The lowest BCUT2D eigenvalue weighted by atomic mass is 9.98. The minimum absolute atomic E-state index is 0.279. The number of benzene rings is 1. The van der Waals surface area contributed by atoms with Crippen molar-refractivity contribution in [3.8, 4) is 0 Å². The van der Waals surface area contributed by atoms with Crippen molar-refractivity contribution in [2.45, 2.75) is 18.8 Å². The molecule has 3 rings (SSSR count). The maximum Gasteiger partial charge on any atom is 0.312 e. The first kappa shape index (κ1) is 10.3. The maximum absolute atomic E-state index is 11.3. The Morgan fingerprint density at radius 1 is 1.24 bits per heavy atom. The van der Waals surface area contributed by atoms with E-state index >= 15 is 0 Å². The van der Waals surface area contributed by atoms with Gasteiger partial charge in [-0.1, -0.05) is 24.3 Å². The van der Waals surface area contributed by atoms with Crippen LogP contribution in [0.5, 0.6) is 0 Å². The van der Waals surface area contributed by atoms with E-state index in [-0.39, 0.29) is 5.92 Å². The summed E-state index contributed by atoms with van der Waals surface area (Å²) in [5.74, 6) is -0.906. The Balaban J connectivity index is 2.07. The van der Waals surface area contributed by atoms with Crippen LogP contribution < -0.4 is 0 Å². The van der Waals surface area contributed by atoms with E-state index in [0.29, 0.717) is 5.69 Å². The van der Waals surface area contributed by atoms with Gasteiger partial charge in [-0.3, -0.25) is 9.78 Å². The number of para-hydroxylation sites is 1. The predicted molar refractivity (Wildman–Crippen MR) is 64.8 cm³/mol. The van der Waals surface area contributed by atoms with Gasteiger partial charge in [-0.15, -0.1) is 0 Å². The molecule has 1 fully saturated rings. The number of pyridine rings is 1. The van der Waals surface area contributed by atoms with Gasteiger partial charge in [0.1, 0.15) is 5.92 Å². The van der Waals surface area contributed by atoms with Gasteiger partial charge in [0.25, 0.3) is 0 Å². The van der Waals surface area contributed by atoms with Crippen LogP contribution in [0.15, 0.2) is 36.4 Å². The molecule has 0 radical (unpaired) electrons. The highest BCUT2D eigenvalue weighted by molar-refractivity contribution is 5.81. The van der Waals surface area contributed by atoms with Crippen molar-refractivity contribution in [3.05, 3.63) is 42.1 Å². The highest BCUT2D eigenvalue weighted by Gasteiger charge is 2.38. The maximum atomic E-state index is 11.3. The van der Waals surface area contributed by atoms with Gasteiger partial charge in [0.2, 0.25) is 0 Å². The number of hydrogen-bond acceptors (Lipinski definition) is 2. The van der Waals surface area contributed by atoms with Gasteiger partial charge >= 0.3 is 5.97 Å². The summed E-state index contributed by atoms with van der Waals surface area (Å²) in [6, 6.07) is 11.6. The van der Waals surface area contributed by atoms with Gasteiger partial charge in [0.05, 0.1) is 11.2 Å². The predicted octanol–water partition coefficient (Wildman–Crippen LogP) is 2.81. The van der Waals surface area contributed by atoms with Gasteiger partial charge in [0.15, 0.2) is 0 Å². The second-order valence-electron chi connectivity index (χ2n) is 4.58. The zero-order chi connectivity index (χ0) is 11.8. The van der Waals surface area contributed by atoms with Gasteiger partial charge < -0.3 is 5.11 Å². The standard InChI is InChI=1S/C14H13NO2/c16-14(17)13(10-5-6-10)12-8-7-9-3-1-2-4-11(9)15-12/h1-4,7-8,10,13H,5-6H2,(H,16,17). The summed E-state index contributed by atoms with van der Waals surface area (Å²) in [7, 11) is 0. The van der Waals surface area contributed by atoms with Crippen LogP contribution in [0, 0.1) is 5.92 Å². The van der Waals surface area contributed by atoms with Gasteiger partial charge in [0, 0.05) is 5.39 Å². The van der Waals surface area contributed by atoms with E-state index in [9.17, 15) is 9.90 Å². The SMILES string of the molecule is O=C(O)C(c1ccc2ccccc2n1)C1CC1. The molecule has 0 spiro atoms. The molecule has 1 aliphatic carbocycles. The zero-order valence-electron chi connectivity index (χ0n) is 9.34. The average Bonchev–Trinajstić information content (AvgIpc) is 3.13. The summed E-state index contributed by atoms with van der Waals surface area (Å²) in [5.41, 5.74) is 1.57. The summed E-state index contributed by atoms with van der Waals surface area (Å²) in [6.45, 7) is 0. The summed E-state index contributed by atoms with van der Waals surface area (Å²) >= 11 is 0. The lowest BCUT2D eigenvalue weighted by Crippen LogP contribution is -2.15. The van der Waals surface area contributed by atoms with E-state index < -0.39 is 11.9 Å². The highest BCUT2D eigenvalue weighted by Crippen LogP contribution is 2.42. The zero-order valence-corrected chi connectivity index (χ0v) is 9.34. The molecule has 1 aromatic heterocycles. The van der Waals surface area contributed by atoms with Crippen molar-refractivity contribution in [2.24, 2.45) is 5.92 Å². The number of rotatable bonds is 3. The van der Waals surface area contributed by atoms with Crippen LogP contribution in [0.2, 0.25) is 0 Å². The topological polar surface area (TPSA) is 50.2 Å². The second kappa shape index (κ2) is 3.84. The number of carbonyl (C=O) groups is 1. The molecule has 0 aliphatic heterocycles. The number of fused-ring (bicyclic) bond motifs is 1. The average molecular weight is 227 g/mol. The van der Waals surface area contributed by atoms with Crippen molar-refractivity contribution in [1.29, 1.82) is 0 Å². The fourth-order valence-electron chi connectivity index (χ4n) is 2.25. The van der Waals surface area contributed by atoms with Gasteiger partial charge in [-0.2, -0.15) is 0 Å². The third-order valence-corrected chi connectivity index (χ3v) is 3.30. The number of carboxylic acid groups (broad SMARTS) is 1. The Hall–Kier alpha value is -1.90.